The number of carbonyl (C=O) groups excluding carboxylic acids is 1. The highest BCUT2D eigenvalue weighted by Gasteiger charge is 2.26. The van der Waals surface area contributed by atoms with E-state index < -0.39 is 10.0 Å². The number of aryl methyl sites for hydroxylation is 1. The number of rotatable bonds is 6. The Morgan fingerprint density at radius 3 is 2.45 bits per heavy atom. The van der Waals surface area contributed by atoms with E-state index in [1.807, 2.05) is 25.2 Å². The molecule has 0 radical (unpaired) electrons. The molecule has 1 saturated heterocycles. The van der Waals surface area contributed by atoms with Gasteiger partial charge in [0.2, 0.25) is 10.0 Å². The fraction of sp³-hybridized carbons (Fsp3) is 0.286. The normalized spacial score (nSPS) is 15.0. The molecule has 1 fully saturated rings. The molecule has 0 bridgehead atoms. The van der Waals surface area contributed by atoms with Crippen molar-refractivity contribution in [2.24, 2.45) is 7.05 Å². The molecule has 1 aliphatic rings. The van der Waals surface area contributed by atoms with Crippen LogP contribution in [0, 0.1) is 0 Å². The Hall–Kier alpha value is -3.08. The highest BCUT2D eigenvalue weighted by atomic mass is 32.2. The molecule has 1 amide bonds. The van der Waals surface area contributed by atoms with Crippen molar-refractivity contribution in [1.29, 1.82) is 0 Å². The van der Waals surface area contributed by atoms with Crippen molar-refractivity contribution in [2.75, 3.05) is 26.3 Å². The zero-order valence-corrected chi connectivity index (χ0v) is 17.9. The zero-order chi connectivity index (χ0) is 21.8. The number of nitrogens with one attached hydrogen (secondary N) is 1. The second kappa shape index (κ2) is 8.96. The van der Waals surface area contributed by atoms with Crippen molar-refractivity contribution in [3.05, 3.63) is 66.1 Å². The number of ether oxygens (including phenoxy) is 1. The Labute approximate surface area is 180 Å². The van der Waals surface area contributed by atoms with Crippen LogP contribution >= 0.6 is 0 Å². The summed E-state index contributed by atoms with van der Waals surface area (Å²) in [5.41, 5.74) is 2.97. The van der Waals surface area contributed by atoms with Crippen LogP contribution in [0.1, 0.15) is 16.1 Å². The van der Waals surface area contributed by atoms with Crippen LogP contribution in [0.25, 0.3) is 11.3 Å². The molecule has 2 aromatic heterocycles. The van der Waals surface area contributed by atoms with E-state index in [0.717, 1.165) is 17.0 Å². The highest BCUT2D eigenvalue weighted by Crippen LogP contribution is 2.19. The summed E-state index contributed by atoms with van der Waals surface area (Å²) < 4.78 is 33.7. The topological polar surface area (TPSA) is 106 Å². The highest BCUT2D eigenvalue weighted by molar-refractivity contribution is 7.89. The Bertz CT molecular complexity index is 1150. The molecule has 10 heteroatoms. The van der Waals surface area contributed by atoms with E-state index in [2.05, 4.69) is 15.4 Å². The van der Waals surface area contributed by atoms with Crippen LogP contribution in [0.15, 0.2) is 59.8 Å². The summed E-state index contributed by atoms with van der Waals surface area (Å²) in [5, 5.41) is 7.33. The van der Waals surface area contributed by atoms with Gasteiger partial charge in [-0.05, 0) is 42.5 Å². The van der Waals surface area contributed by atoms with Gasteiger partial charge < -0.3 is 10.1 Å². The maximum atomic E-state index is 12.7. The Balaban J connectivity index is 1.41. The summed E-state index contributed by atoms with van der Waals surface area (Å²) in [6, 6.07) is 11.6. The maximum absolute atomic E-state index is 12.7. The van der Waals surface area contributed by atoms with Crippen LogP contribution in [0.5, 0.6) is 0 Å². The van der Waals surface area contributed by atoms with Gasteiger partial charge in [-0.3, -0.25) is 14.5 Å². The SMILES string of the molecule is Cn1nc(-c2ccncc2)cc1CNC(=O)c1ccc(S(=O)(=O)N2CCOCC2)cc1. The van der Waals surface area contributed by atoms with Gasteiger partial charge in [-0.25, -0.2) is 8.42 Å². The standard InChI is InChI=1S/C21H23N5O4S/c1-25-18(14-20(24-25)16-6-8-22-9-7-16)15-23-21(27)17-2-4-19(5-3-17)31(28,29)26-10-12-30-13-11-26/h2-9,14H,10-13,15H2,1H3,(H,23,27). The molecular formula is C21H23N5O4S. The van der Waals surface area contributed by atoms with Crippen molar-refractivity contribution < 1.29 is 17.9 Å². The first-order valence-electron chi connectivity index (χ1n) is 9.84. The van der Waals surface area contributed by atoms with E-state index in [1.54, 1.807) is 17.1 Å². The van der Waals surface area contributed by atoms with Crippen LogP contribution in [-0.4, -0.2) is 59.7 Å². The van der Waals surface area contributed by atoms with Gasteiger partial charge >= 0.3 is 0 Å². The average molecular weight is 442 g/mol. The molecule has 3 heterocycles. The summed E-state index contributed by atoms with van der Waals surface area (Å²) in [4.78, 5) is 16.7. The summed E-state index contributed by atoms with van der Waals surface area (Å²) in [5.74, 6) is -0.290. The third kappa shape index (κ3) is 4.66. The zero-order valence-electron chi connectivity index (χ0n) is 17.1. The minimum atomic E-state index is -3.58. The van der Waals surface area contributed by atoms with E-state index in [9.17, 15) is 13.2 Å². The largest absolute Gasteiger partial charge is 0.379 e. The van der Waals surface area contributed by atoms with Crippen LogP contribution in [0.2, 0.25) is 0 Å². The summed E-state index contributed by atoms with van der Waals surface area (Å²) in [6.45, 7) is 1.72. The second-order valence-electron chi connectivity index (χ2n) is 7.10. The summed E-state index contributed by atoms with van der Waals surface area (Å²) >= 11 is 0. The number of pyridine rings is 1. The van der Waals surface area contributed by atoms with Crippen molar-refractivity contribution in [3.63, 3.8) is 0 Å². The molecule has 1 aromatic carbocycles. The number of aromatic nitrogens is 3. The van der Waals surface area contributed by atoms with Crippen LogP contribution in [-0.2, 0) is 28.4 Å². The number of amides is 1. The molecule has 31 heavy (non-hydrogen) atoms. The lowest BCUT2D eigenvalue weighted by atomic mass is 10.2. The van der Waals surface area contributed by atoms with Crippen LogP contribution < -0.4 is 5.32 Å². The summed E-state index contributed by atoms with van der Waals surface area (Å²) in [6.07, 6.45) is 3.41. The van der Waals surface area contributed by atoms with E-state index in [1.165, 1.54) is 28.6 Å². The molecular weight excluding hydrogens is 418 g/mol. The predicted octanol–water partition coefficient (Wildman–Crippen LogP) is 1.43. The minimum absolute atomic E-state index is 0.166. The van der Waals surface area contributed by atoms with Gasteiger partial charge in [0.15, 0.2) is 0 Å². The van der Waals surface area contributed by atoms with Gasteiger partial charge in [0.1, 0.15) is 0 Å². The van der Waals surface area contributed by atoms with E-state index >= 15 is 0 Å². The fourth-order valence-electron chi connectivity index (χ4n) is 3.32. The molecule has 1 aliphatic heterocycles. The Morgan fingerprint density at radius 1 is 1.10 bits per heavy atom. The first-order chi connectivity index (χ1) is 14.9. The molecule has 0 unspecified atom stereocenters. The first kappa shape index (κ1) is 21.2. The predicted molar refractivity (Wildman–Crippen MR) is 114 cm³/mol. The third-order valence-corrected chi connectivity index (χ3v) is 7.02. The number of sulfonamides is 1. The van der Waals surface area contributed by atoms with Gasteiger partial charge in [-0.1, -0.05) is 0 Å². The molecule has 0 aliphatic carbocycles. The fourth-order valence-corrected chi connectivity index (χ4v) is 4.73. The third-order valence-electron chi connectivity index (χ3n) is 5.11. The molecule has 162 valence electrons. The Kier molecular flexibility index (Phi) is 6.12. The van der Waals surface area contributed by atoms with E-state index in [4.69, 9.17) is 4.74 Å². The number of hydrogen-bond acceptors (Lipinski definition) is 6. The van der Waals surface area contributed by atoms with Crippen molar-refractivity contribution in [1.82, 2.24) is 24.4 Å². The lowest BCUT2D eigenvalue weighted by molar-refractivity contribution is 0.0730. The van der Waals surface area contributed by atoms with Gasteiger partial charge in [0.05, 0.1) is 36.0 Å². The van der Waals surface area contributed by atoms with Gasteiger partial charge in [0.25, 0.3) is 5.91 Å². The van der Waals surface area contributed by atoms with Crippen molar-refractivity contribution >= 4 is 15.9 Å². The molecule has 1 N–H and O–H groups in total. The number of nitrogens with zero attached hydrogens (tertiary/aromatic N) is 4. The van der Waals surface area contributed by atoms with Gasteiger partial charge in [-0.15, -0.1) is 0 Å². The maximum Gasteiger partial charge on any atom is 0.251 e. The molecule has 0 spiro atoms. The lowest BCUT2D eigenvalue weighted by Gasteiger charge is -2.26. The van der Waals surface area contributed by atoms with Crippen molar-refractivity contribution in [2.45, 2.75) is 11.4 Å². The molecule has 9 nitrogen and oxygen atoms in total. The van der Waals surface area contributed by atoms with Crippen LogP contribution in [0.4, 0.5) is 0 Å². The monoisotopic (exact) mass is 441 g/mol. The number of carbonyl (C=O) groups is 1. The molecule has 4 rings (SSSR count). The number of morpholine rings is 1. The molecule has 0 atom stereocenters. The second-order valence-corrected chi connectivity index (χ2v) is 9.04. The molecule has 3 aromatic rings. The van der Waals surface area contributed by atoms with Crippen LogP contribution in [0.3, 0.4) is 0 Å². The molecule has 0 saturated carbocycles. The number of benzene rings is 1. The average Bonchev–Trinajstić information content (AvgIpc) is 3.19. The summed E-state index contributed by atoms with van der Waals surface area (Å²) in [7, 11) is -1.77. The quantitative estimate of drug-likeness (QED) is 0.620. The van der Waals surface area contributed by atoms with E-state index in [0.29, 0.717) is 38.4 Å². The van der Waals surface area contributed by atoms with Gasteiger partial charge in [0, 0.05) is 43.7 Å². The lowest BCUT2D eigenvalue weighted by Crippen LogP contribution is -2.40. The van der Waals surface area contributed by atoms with Gasteiger partial charge in [-0.2, -0.15) is 9.40 Å². The van der Waals surface area contributed by atoms with E-state index in [-0.39, 0.29) is 10.8 Å². The minimum Gasteiger partial charge on any atom is -0.379 e. The van der Waals surface area contributed by atoms with Crippen molar-refractivity contribution in [3.8, 4) is 11.3 Å². The Morgan fingerprint density at radius 2 is 1.77 bits per heavy atom. The first-order valence-corrected chi connectivity index (χ1v) is 11.3. The number of hydrogen-bond donors (Lipinski definition) is 1. The smallest absolute Gasteiger partial charge is 0.251 e.